The molecule has 1 N–H and O–H groups in total. The average Bonchev–Trinajstić information content (AvgIpc) is 2.43. The third-order valence-electron chi connectivity index (χ3n) is 4.81. The molecule has 1 fully saturated rings. The summed E-state index contributed by atoms with van der Waals surface area (Å²) in [6.07, 6.45) is 3.57. The van der Waals surface area contributed by atoms with E-state index in [9.17, 15) is 9.59 Å². The number of nitrogens with one attached hydrogen (secondary N) is 1. The Kier molecular flexibility index (Phi) is 6.24. The molecule has 1 aliphatic heterocycles. The summed E-state index contributed by atoms with van der Waals surface area (Å²) >= 11 is 0. The van der Waals surface area contributed by atoms with E-state index in [0.29, 0.717) is 18.9 Å². The summed E-state index contributed by atoms with van der Waals surface area (Å²) in [7, 11) is 0. The van der Waals surface area contributed by atoms with Crippen LogP contribution in [0, 0.1) is 11.8 Å². The molecule has 21 heavy (non-hydrogen) atoms. The summed E-state index contributed by atoms with van der Waals surface area (Å²) in [5, 5.41) is 2.96. The Morgan fingerprint density at radius 3 is 2.33 bits per heavy atom. The van der Waals surface area contributed by atoms with Gasteiger partial charge in [0, 0.05) is 6.54 Å². The fraction of sp³-hybridized carbons (Fsp3) is 0.882. The van der Waals surface area contributed by atoms with Crippen LogP contribution < -0.4 is 5.32 Å². The maximum absolute atomic E-state index is 12.8. The van der Waals surface area contributed by atoms with Crippen molar-refractivity contribution >= 4 is 11.8 Å². The summed E-state index contributed by atoms with van der Waals surface area (Å²) in [6.45, 7) is 13.0. The highest BCUT2D eigenvalue weighted by molar-refractivity contribution is 5.99. The molecule has 0 radical (unpaired) electrons. The third kappa shape index (κ3) is 3.98. The van der Waals surface area contributed by atoms with Gasteiger partial charge in [0.1, 0.15) is 11.6 Å². The van der Waals surface area contributed by atoms with Gasteiger partial charge < -0.3 is 10.2 Å². The molecule has 4 heteroatoms. The smallest absolute Gasteiger partial charge is 0.248 e. The van der Waals surface area contributed by atoms with Gasteiger partial charge in [0.2, 0.25) is 11.8 Å². The lowest BCUT2D eigenvalue weighted by atomic mass is 9.86. The number of carbonyl (C=O) groups excluding carboxylic acids is 2. The molecule has 0 bridgehead atoms. The van der Waals surface area contributed by atoms with E-state index in [4.69, 9.17) is 0 Å². The average molecular weight is 296 g/mol. The molecule has 0 saturated carbocycles. The van der Waals surface area contributed by atoms with E-state index in [1.807, 2.05) is 18.7 Å². The van der Waals surface area contributed by atoms with Crippen LogP contribution in [0.3, 0.4) is 0 Å². The van der Waals surface area contributed by atoms with Gasteiger partial charge in [-0.05, 0) is 38.0 Å². The highest BCUT2D eigenvalue weighted by Crippen LogP contribution is 2.27. The first-order chi connectivity index (χ1) is 9.76. The molecule has 0 aromatic rings. The summed E-state index contributed by atoms with van der Waals surface area (Å²) in [5.74, 6) is 0.907. The highest BCUT2D eigenvalue weighted by atomic mass is 16.2. The molecule has 122 valence electrons. The molecule has 0 aromatic carbocycles. The number of hydrogen-bond donors (Lipinski definition) is 1. The van der Waals surface area contributed by atoms with Crippen molar-refractivity contribution in [3.8, 4) is 0 Å². The van der Waals surface area contributed by atoms with Crippen molar-refractivity contribution in [1.82, 2.24) is 10.2 Å². The quantitative estimate of drug-likeness (QED) is 0.785. The van der Waals surface area contributed by atoms with E-state index >= 15 is 0 Å². The van der Waals surface area contributed by atoms with E-state index in [-0.39, 0.29) is 23.8 Å². The van der Waals surface area contributed by atoms with Crippen molar-refractivity contribution < 1.29 is 9.59 Å². The molecule has 1 aliphatic rings. The topological polar surface area (TPSA) is 49.4 Å². The number of rotatable bonds is 7. The van der Waals surface area contributed by atoms with Crippen molar-refractivity contribution in [2.75, 3.05) is 6.54 Å². The Labute approximate surface area is 129 Å². The minimum Gasteiger partial charge on any atom is -0.340 e. The van der Waals surface area contributed by atoms with Gasteiger partial charge in [0.05, 0.1) is 0 Å². The number of amides is 2. The zero-order valence-corrected chi connectivity index (χ0v) is 14.5. The first kappa shape index (κ1) is 18.0. The van der Waals surface area contributed by atoms with Crippen LogP contribution in [-0.4, -0.2) is 34.8 Å². The van der Waals surface area contributed by atoms with E-state index in [2.05, 4.69) is 33.0 Å². The monoisotopic (exact) mass is 296 g/mol. The fourth-order valence-corrected chi connectivity index (χ4v) is 2.92. The summed E-state index contributed by atoms with van der Waals surface area (Å²) in [4.78, 5) is 27.2. The van der Waals surface area contributed by atoms with Gasteiger partial charge in [0.15, 0.2) is 0 Å². The number of piperazine rings is 1. The van der Waals surface area contributed by atoms with Gasteiger partial charge in [-0.25, -0.2) is 0 Å². The Morgan fingerprint density at radius 2 is 1.86 bits per heavy atom. The zero-order chi connectivity index (χ0) is 16.2. The molecule has 4 nitrogen and oxygen atoms in total. The van der Waals surface area contributed by atoms with Crippen molar-refractivity contribution in [2.45, 2.75) is 78.8 Å². The maximum atomic E-state index is 12.8. The summed E-state index contributed by atoms with van der Waals surface area (Å²) in [5.41, 5.74) is -0.737. The van der Waals surface area contributed by atoms with Gasteiger partial charge in [-0.1, -0.05) is 41.0 Å². The molecule has 1 rings (SSSR count). The molecule has 0 aliphatic carbocycles. The van der Waals surface area contributed by atoms with Crippen LogP contribution in [0.1, 0.15) is 67.2 Å². The molecule has 1 saturated heterocycles. The Balaban J connectivity index is 2.95. The minimum absolute atomic E-state index is 0.0119. The van der Waals surface area contributed by atoms with E-state index in [1.54, 1.807) is 0 Å². The lowest BCUT2D eigenvalue weighted by molar-refractivity contribution is -0.156. The van der Waals surface area contributed by atoms with Gasteiger partial charge >= 0.3 is 0 Å². The van der Waals surface area contributed by atoms with Crippen molar-refractivity contribution in [3.63, 3.8) is 0 Å². The summed E-state index contributed by atoms with van der Waals surface area (Å²) < 4.78 is 0. The van der Waals surface area contributed by atoms with Crippen LogP contribution in [0.4, 0.5) is 0 Å². The van der Waals surface area contributed by atoms with E-state index in [1.165, 1.54) is 0 Å². The predicted molar refractivity (Wildman–Crippen MR) is 85.9 cm³/mol. The Bertz CT molecular complexity index is 381. The highest BCUT2D eigenvalue weighted by Gasteiger charge is 2.47. The minimum atomic E-state index is -0.737. The Morgan fingerprint density at radius 1 is 1.24 bits per heavy atom. The molecular weight excluding hydrogens is 264 g/mol. The first-order valence-corrected chi connectivity index (χ1v) is 8.39. The second-order valence-electron chi connectivity index (χ2n) is 7.04. The largest absolute Gasteiger partial charge is 0.340 e. The number of hydrogen-bond acceptors (Lipinski definition) is 2. The summed E-state index contributed by atoms with van der Waals surface area (Å²) in [6, 6.07) is -0.311. The number of carbonyl (C=O) groups is 2. The standard InChI is InChI=1S/C17H32N2O2/c1-7-13(5)14-15(20)18-17(6,8-2)16(21)19(14)11-9-10-12(3)4/h12-14H,7-11H2,1-6H3,(H,18,20). The van der Waals surface area contributed by atoms with Crippen LogP contribution in [0.5, 0.6) is 0 Å². The van der Waals surface area contributed by atoms with Gasteiger partial charge in [-0.3, -0.25) is 9.59 Å². The second kappa shape index (κ2) is 7.28. The molecule has 1 heterocycles. The van der Waals surface area contributed by atoms with Crippen LogP contribution in [0.2, 0.25) is 0 Å². The zero-order valence-electron chi connectivity index (χ0n) is 14.5. The van der Waals surface area contributed by atoms with E-state index in [0.717, 1.165) is 19.3 Å². The van der Waals surface area contributed by atoms with Crippen LogP contribution >= 0.6 is 0 Å². The lowest BCUT2D eigenvalue weighted by Crippen LogP contribution is -2.70. The molecule has 3 unspecified atom stereocenters. The maximum Gasteiger partial charge on any atom is 0.248 e. The fourth-order valence-electron chi connectivity index (χ4n) is 2.92. The second-order valence-corrected chi connectivity index (χ2v) is 7.04. The first-order valence-electron chi connectivity index (χ1n) is 8.39. The normalized spacial score (nSPS) is 28.0. The van der Waals surface area contributed by atoms with Crippen LogP contribution in [0.25, 0.3) is 0 Å². The van der Waals surface area contributed by atoms with Gasteiger partial charge in [-0.15, -0.1) is 0 Å². The van der Waals surface area contributed by atoms with Crippen molar-refractivity contribution in [2.24, 2.45) is 11.8 Å². The predicted octanol–water partition coefficient (Wildman–Crippen LogP) is 2.96. The number of nitrogens with zero attached hydrogens (tertiary/aromatic N) is 1. The Hall–Kier alpha value is -1.06. The van der Waals surface area contributed by atoms with Crippen molar-refractivity contribution in [1.29, 1.82) is 0 Å². The van der Waals surface area contributed by atoms with Crippen LogP contribution in [0.15, 0.2) is 0 Å². The van der Waals surface area contributed by atoms with Crippen molar-refractivity contribution in [3.05, 3.63) is 0 Å². The SMILES string of the molecule is CCC(C)C1C(=O)NC(C)(CC)C(=O)N1CCCC(C)C. The molecule has 0 spiro atoms. The molecule has 2 amide bonds. The van der Waals surface area contributed by atoms with Crippen LogP contribution in [-0.2, 0) is 9.59 Å². The van der Waals surface area contributed by atoms with E-state index < -0.39 is 5.54 Å². The van der Waals surface area contributed by atoms with Gasteiger partial charge in [-0.2, -0.15) is 0 Å². The molecular formula is C17H32N2O2. The molecule has 0 aromatic heterocycles. The lowest BCUT2D eigenvalue weighted by Gasteiger charge is -2.46. The molecule has 3 atom stereocenters. The van der Waals surface area contributed by atoms with Gasteiger partial charge in [0.25, 0.3) is 0 Å². The third-order valence-corrected chi connectivity index (χ3v) is 4.81.